The fourth-order valence-corrected chi connectivity index (χ4v) is 3.60. The summed E-state index contributed by atoms with van der Waals surface area (Å²) in [6, 6.07) is 3.84. The number of hydrogen-bond acceptors (Lipinski definition) is 5. The Labute approximate surface area is 133 Å². The largest absolute Gasteiger partial charge is 0.440 e. The molecule has 2 aromatic rings. The van der Waals surface area contributed by atoms with E-state index in [0.717, 1.165) is 24.1 Å². The third-order valence-electron chi connectivity index (χ3n) is 4.21. The van der Waals surface area contributed by atoms with Gasteiger partial charge in [0.15, 0.2) is 5.69 Å². The molecule has 5 nitrogen and oxygen atoms in total. The highest BCUT2D eigenvalue weighted by Crippen LogP contribution is 2.28. The summed E-state index contributed by atoms with van der Waals surface area (Å²) in [6.45, 7) is 2.32. The molecule has 0 radical (unpaired) electrons. The molecule has 6 heteroatoms. The topological polar surface area (TPSA) is 66.6 Å². The number of oxazole rings is 1. The molecule has 2 heterocycles. The van der Waals surface area contributed by atoms with E-state index in [1.165, 1.54) is 11.3 Å². The number of hydrogen-bond donors (Lipinski definition) is 1. The molecule has 118 valence electrons. The molecular weight excluding hydrogens is 300 g/mol. The summed E-state index contributed by atoms with van der Waals surface area (Å²) in [4.78, 5) is 19.5. The molecule has 2 aromatic heterocycles. The average molecular weight is 320 g/mol. The van der Waals surface area contributed by atoms with Gasteiger partial charge < -0.3 is 14.4 Å². The van der Waals surface area contributed by atoms with Crippen LogP contribution in [-0.4, -0.2) is 40.6 Å². The second-order valence-corrected chi connectivity index (χ2v) is 6.79. The van der Waals surface area contributed by atoms with Crippen molar-refractivity contribution < 1.29 is 14.3 Å². The van der Waals surface area contributed by atoms with Crippen molar-refractivity contribution >= 4 is 17.2 Å². The summed E-state index contributed by atoms with van der Waals surface area (Å²) < 4.78 is 5.62. The van der Waals surface area contributed by atoms with Crippen LogP contribution in [0.4, 0.5) is 0 Å². The number of carbonyl (C=O) groups is 1. The quantitative estimate of drug-likeness (QED) is 0.940. The second-order valence-electron chi connectivity index (χ2n) is 5.85. The predicted octanol–water partition coefficient (Wildman–Crippen LogP) is 2.94. The normalized spacial score (nSPS) is 21.2. The minimum atomic E-state index is -0.296. The lowest BCUT2D eigenvalue weighted by Crippen LogP contribution is -2.35. The lowest BCUT2D eigenvalue weighted by molar-refractivity contribution is 0.0687. The van der Waals surface area contributed by atoms with Crippen LogP contribution in [0.15, 0.2) is 21.9 Å². The number of amides is 1. The molecule has 0 aromatic carbocycles. The van der Waals surface area contributed by atoms with Crippen LogP contribution in [0.3, 0.4) is 0 Å². The van der Waals surface area contributed by atoms with E-state index >= 15 is 0 Å². The summed E-state index contributed by atoms with van der Waals surface area (Å²) in [7, 11) is 1.76. The Balaban J connectivity index is 1.74. The van der Waals surface area contributed by atoms with E-state index in [-0.39, 0.29) is 17.9 Å². The van der Waals surface area contributed by atoms with Crippen molar-refractivity contribution in [2.24, 2.45) is 5.92 Å². The van der Waals surface area contributed by atoms with Gasteiger partial charge in [0.25, 0.3) is 5.91 Å². The van der Waals surface area contributed by atoms with E-state index in [4.69, 9.17) is 4.42 Å². The van der Waals surface area contributed by atoms with Crippen LogP contribution in [0, 0.1) is 12.8 Å². The van der Waals surface area contributed by atoms with Crippen molar-refractivity contribution in [3.05, 3.63) is 29.0 Å². The van der Waals surface area contributed by atoms with Crippen LogP contribution < -0.4 is 0 Å². The van der Waals surface area contributed by atoms with Crippen LogP contribution in [0.5, 0.6) is 0 Å². The SMILES string of the molecule is Cc1oc(-c2cccs2)nc1C(=O)N(C)CC1CCCC1O. The Kier molecular flexibility index (Phi) is 4.31. The van der Waals surface area contributed by atoms with E-state index in [9.17, 15) is 9.90 Å². The highest BCUT2D eigenvalue weighted by molar-refractivity contribution is 7.13. The lowest BCUT2D eigenvalue weighted by Gasteiger charge is -2.22. The Bertz CT molecular complexity index is 650. The molecule has 1 N–H and O–H groups in total. The first-order valence-corrected chi connectivity index (χ1v) is 8.39. The third kappa shape index (κ3) is 2.94. The molecule has 1 saturated carbocycles. The zero-order valence-electron chi connectivity index (χ0n) is 12.8. The Morgan fingerprint density at radius 3 is 3.00 bits per heavy atom. The van der Waals surface area contributed by atoms with Gasteiger partial charge in [-0.05, 0) is 31.2 Å². The molecule has 22 heavy (non-hydrogen) atoms. The minimum absolute atomic E-state index is 0.150. The number of aliphatic hydroxyl groups excluding tert-OH is 1. The van der Waals surface area contributed by atoms with Crippen molar-refractivity contribution in [2.75, 3.05) is 13.6 Å². The number of carbonyl (C=O) groups excluding carboxylic acids is 1. The van der Waals surface area contributed by atoms with Gasteiger partial charge in [-0.25, -0.2) is 4.98 Å². The first-order chi connectivity index (χ1) is 10.6. The molecule has 1 fully saturated rings. The second kappa shape index (κ2) is 6.22. The molecule has 0 aliphatic heterocycles. The fraction of sp³-hybridized carbons (Fsp3) is 0.500. The number of nitrogens with zero attached hydrogens (tertiary/aromatic N) is 2. The molecule has 0 bridgehead atoms. The fourth-order valence-electron chi connectivity index (χ4n) is 2.95. The maximum Gasteiger partial charge on any atom is 0.275 e. The van der Waals surface area contributed by atoms with Gasteiger partial charge in [0.2, 0.25) is 5.89 Å². The number of aliphatic hydroxyl groups is 1. The van der Waals surface area contributed by atoms with Crippen molar-refractivity contribution in [1.82, 2.24) is 9.88 Å². The van der Waals surface area contributed by atoms with Gasteiger partial charge in [-0.15, -0.1) is 11.3 Å². The number of thiophene rings is 1. The predicted molar refractivity (Wildman–Crippen MR) is 84.9 cm³/mol. The number of rotatable bonds is 4. The Hall–Kier alpha value is -1.66. The van der Waals surface area contributed by atoms with Gasteiger partial charge in [-0.2, -0.15) is 0 Å². The van der Waals surface area contributed by atoms with Crippen molar-refractivity contribution in [1.29, 1.82) is 0 Å². The summed E-state index contributed by atoms with van der Waals surface area (Å²) in [6.07, 6.45) is 2.53. The molecule has 3 rings (SSSR count). The van der Waals surface area contributed by atoms with Gasteiger partial charge in [0.1, 0.15) is 5.76 Å². The van der Waals surface area contributed by atoms with Crippen LogP contribution in [-0.2, 0) is 0 Å². The van der Waals surface area contributed by atoms with Crippen molar-refractivity contribution in [2.45, 2.75) is 32.3 Å². The van der Waals surface area contributed by atoms with Crippen LogP contribution in [0.1, 0.15) is 35.5 Å². The van der Waals surface area contributed by atoms with E-state index in [0.29, 0.717) is 23.9 Å². The highest BCUT2D eigenvalue weighted by atomic mass is 32.1. The lowest BCUT2D eigenvalue weighted by atomic mass is 10.1. The zero-order chi connectivity index (χ0) is 15.7. The van der Waals surface area contributed by atoms with E-state index in [2.05, 4.69) is 4.98 Å². The standard InChI is InChI=1S/C16H20N2O3S/c1-10-14(17-15(21-10)13-7-4-8-22-13)16(20)18(2)9-11-5-3-6-12(11)19/h4,7-8,11-12,19H,3,5-6,9H2,1-2H3. The molecule has 2 atom stereocenters. The molecule has 1 aliphatic carbocycles. The van der Waals surface area contributed by atoms with Gasteiger partial charge in [-0.1, -0.05) is 12.5 Å². The van der Waals surface area contributed by atoms with Crippen molar-refractivity contribution in [3.63, 3.8) is 0 Å². The van der Waals surface area contributed by atoms with Crippen LogP contribution >= 0.6 is 11.3 Å². The third-order valence-corrected chi connectivity index (χ3v) is 5.06. The van der Waals surface area contributed by atoms with E-state index < -0.39 is 0 Å². The molecule has 0 spiro atoms. The highest BCUT2D eigenvalue weighted by Gasteiger charge is 2.29. The monoisotopic (exact) mass is 320 g/mol. The maximum absolute atomic E-state index is 12.6. The van der Waals surface area contributed by atoms with Crippen LogP contribution in [0.2, 0.25) is 0 Å². The Morgan fingerprint density at radius 1 is 1.55 bits per heavy atom. The molecular formula is C16H20N2O3S. The minimum Gasteiger partial charge on any atom is -0.440 e. The molecule has 0 saturated heterocycles. The average Bonchev–Trinajstić information content (AvgIpc) is 3.20. The first kappa shape index (κ1) is 15.2. The number of aromatic nitrogens is 1. The van der Waals surface area contributed by atoms with Gasteiger partial charge in [0, 0.05) is 19.5 Å². The first-order valence-electron chi connectivity index (χ1n) is 7.51. The maximum atomic E-state index is 12.6. The summed E-state index contributed by atoms with van der Waals surface area (Å²) in [5.74, 6) is 1.04. The smallest absolute Gasteiger partial charge is 0.275 e. The summed E-state index contributed by atoms with van der Waals surface area (Å²) in [5.41, 5.74) is 0.360. The van der Waals surface area contributed by atoms with E-state index in [1.54, 1.807) is 18.9 Å². The van der Waals surface area contributed by atoms with Gasteiger partial charge in [0.05, 0.1) is 11.0 Å². The zero-order valence-corrected chi connectivity index (χ0v) is 13.6. The summed E-state index contributed by atoms with van der Waals surface area (Å²) in [5, 5.41) is 11.9. The summed E-state index contributed by atoms with van der Waals surface area (Å²) >= 11 is 1.53. The van der Waals surface area contributed by atoms with Gasteiger partial charge >= 0.3 is 0 Å². The molecule has 1 amide bonds. The molecule has 2 unspecified atom stereocenters. The van der Waals surface area contributed by atoms with Crippen molar-refractivity contribution in [3.8, 4) is 10.8 Å². The number of aryl methyl sites for hydroxylation is 1. The Morgan fingerprint density at radius 2 is 2.36 bits per heavy atom. The van der Waals surface area contributed by atoms with Gasteiger partial charge in [-0.3, -0.25) is 4.79 Å². The van der Waals surface area contributed by atoms with E-state index in [1.807, 2.05) is 17.5 Å². The van der Waals surface area contributed by atoms with Crippen LogP contribution in [0.25, 0.3) is 10.8 Å². The molecule has 1 aliphatic rings.